The first-order valence-corrected chi connectivity index (χ1v) is 13.8. The highest BCUT2D eigenvalue weighted by molar-refractivity contribution is 7.89. The van der Waals surface area contributed by atoms with E-state index in [9.17, 15) is 13.2 Å². The Morgan fingerprint density at radius 3 is 2.49 bits per heavy atom. The molecule has 1 fully saturated rings. The van der Waals surface area contributed by atoms with Crippen LogP contribution >= 0.6 is 0 Å². The molecule has 1 N–H and O–H groups in total. The number of nitrogens with one attached hydrogen (secondary N) is 1. The molecule has 0 radical (unpaired) electrons. The van der Waals surface area contributed by atoms with Gasteiger partial charge in [0.1, 0.15) is 0 Å². The molecule has 1 aliphatic heterocycles. The third-order valence-corrected chi connectivity index (χ3v) is 9.31. The first kappa shape index (κ1) is 23.8. The summed E-state index contributed by atoms with van der Waals surface area (Å²) in [4.78, 5) is 13.3. The van der Waals surface area contributed by atoms with Gasteiger partial charge in [-0.15, -0.1) is 0 Å². The fraction of sp³-hybridized carbons (Fsp3) is 0.407. The van der Waals surface area contributed by atoms with Crippen molar-refractivity contribution in [2.45, 2.75) is 57.4 Å². The van der Waals surface area contributed by atoms with Crippen molar-refractivity contribution in [2.75, 3.05) is 13.1 Å². The number of benzene rings is 2. The van der Waals surface area contributed by atoms with Crippen molar-refractivity contribution in [1.82, 2.24) is 19.4 Å². The molecule has 2 aromatic carbocycles. The summed E-state index contributed by atoms with van der Waals surface area (Å²) in [5.41, 5.74) is 6.31. The lowest BCUT2D eigenvalue weighted by Gasteiger charge is -2.30. The number of nitrogens with zero attached hydrogens (tertiary/aromatic N) is 3. The summed E-state index contributed by atoms with van der Waals surface area (Å²) < 4.78 is 29.8. The second-order valence-electron chi connectivity index (χ2n) is 9.58. The van der Waals surface area contributed by atoms with E-state index in [1.54, 1.807) is 6.07 Å². The van der Waals surface area contributed by atoms with Gasteiger partial charge < -0.3 is 5.32 Å². The van der Waals surface area contributed by atoms with Crippen LogP contribution in [0.1, 0.15) is 47.3 Å². The minimum Gasteiger partial charge on any atom is -0.352 e. The molecule has 1 aromatic heterocycles. The lowest BCUT2D eigenvalue weighted by atomic mass is 9.97. The SMILES string of the molecule is Cc1nn(-c2ccccc2)c(C)c1CNC(=O)C1CCN(S(=O)(=O)c2ccc3c(c2)CCC3)CC1. The number of rotatable bonds is 6. The summed E-state index contributed by atoms with van der Waals surface area (Å²) in [6, 6.07) is 15.5. The normalized spacial score (nSPS) is 16.9. The number of aromatic nitrogens is 2. The van der Waals surface area contributed by atoms with Gasteiger partial charge in [0.25, 0.3) is 0 Å². The number of para-hydroxylation sites is 1. The number of piperidine rings is 1. The van der Waals surface area contributed by atoms with Crippen LogP contribution in [0.2, 0.25) is 0 Å². The number of amides is 1. The predicted molar refractivity (Wildman–Crippen MR) is 135 cm³/mol. The van der Waals surface area contributed by atoms with E-state index in [0.29, 0.717) is 37.4 Å². The van der Waals surface area contributed by atoms with E-state index < -0.39 is 10.0 Å². The number of fused-ring (bicyclic) bond motifs is 1. The molecule has 2 aliphatic rings. The molecule has 5 rings (SSSR count). The molecule has 3 aromatic rings. The zero-order chi connectivity index (χ0) is 24.6. The molecule has 0 atom stereocenters. The van der Waals surface area contributed by atoms with Crippen LogP contribution in [0.4, 0.5) is 0 Å². The van der Waals surface area contributed by atoms with Crippen LogP contribution < -0.4 is 5.32 Å². The van der Waals surface area contributed by atoms with Gasteiger partial charge in [0.15, 0.2) is 0 Å². The van der Waals surface area contributed by atoms with Gasteiger partial charge in [-0.2, -0.15) is 9.40 Å². The summed E-state index contributed by atoms with van der Waals surface area (Å²) in [5.74, 6) is -0.211. The van der Waals surface area contributed by atoms with E-state index in [1.165, 1.54) is 9.87 Å². The number of hydrogen-bond donors (Lipinski definition) is 1. The minimum atomic E-state index is -3.53. The van der Waals surface area contributed by atoms with E-state index in [4.69, 9.17) is 0 Å². The Balaban J connectivity index is 1.19. The Morgan fingerprint density at radius 1 is 1.03 bits per heavy atom. The quantitative estimate of drug-likeness (QED) is 0.569. The van der Waals surface area contributed by atoms with Crippen LogP contribution in [0.25, 0.3) is 5.69 Å². The second kappa shape index (κ2) is 9.59. The van der Waals surface area contributed by atoms with Crippen LogP contribution in [0, 0.1) is 19.8 Å². The molecule has 0 spiro atoms. The molecule has 1 aliphatic carbocycles. The van der Waals surface area contributed by atoms with Gasteiger partial charge in [0, 0.05) is 36.8 Å². The van der Waals surface area contributed by atoms with E-state index >= 15 is 0 Å². The van der Waals surface area contributed by atoms with E-state index in [0.717, 1.165) is 47.5 Å². The number of sulfonamides is 1. The molecule has 0 unspecified atom stereocenters. The number of aryl methyl sites for hydroxylation is 3. The third kappa shape index (κ3) is 4.65. The average Bonchev–Trinajstić information content (AvgIpc) is 3.46. The van der Waals surface area contributed by atoms with Crippen LogP contribution in [0.15, 0.2) is 53.4 Å². The summed E-state index contributed by atoms with van der Waals surface area (Å²) in [7, 11) is -3.53. The van der Waals surface area contributed by atoms with Crippen molar-refractivity contribution in [3.63, 3.8) is 0 Å². The Kier molecular flexibility index (Phi) is 6.51. The third-order valence-electron chi connectivity index (χ3n) is 7.41. The molecule has 184 valence electrons. The van der Waals surface area contributed by atoms with E-state index in [-0.39, 0.29) is 11.8 Å². The predicted octanol–water partition coefficient (Wildman–Crippen LogP) is 3.69. The number of hydrogen-bond acceptors (Lipinski definition) is 4. The van der Waals surface area contributed by atoms with Crippen molar-refractivity contribution >= 4 is 15.9 Å². The van der Waals surface area contributed by atoms with E-state index in [1.807, 2.05) is 61.0 Å². The lowest BCUT2D eigenvalue weighted by molar-refractivity contribution is -0.126. The maximum Gasteiger partial charge on any atom is 0.243 e. The second-order valence-corrected chi connectivity index (χ2v) is 11.5. The Bertz CT molecular complexity index is 1340. The highest BCUT2D eigenvalue weighted by atomic mass is 32.2. The van der Waals surface area contributed by atoms with Gasteiger partial charge in [-0.3, -0.25) is 4.79 Å². The first-order valence-electron chi connectivity index (χ1n) is 12.3. The highest BCUT2D eigenvalue weighted by Crippen LogP contribution is 2.29. The zero-order valence-electron chi connectivity index (χ0n) is 20.3. The van der Waals surface area contributed by atoms with Gasteiger partial charge in [0.05, 0.1) is 16.3 Å². The van der Waals surface area contributed by atoms with Crippen LogP contribution in [-0.2, 0) is 34.2 Å². The standard InChI is InChI=1S/C27H32N4O3S/c1-19-26(20(2)31(29-19)24-9-4-3-5-10-24)18-28-27(32)22-13-15-30(16-14-22)35(33,34)25-12-11-21-7-6-8-23(21)17-25/h3-5,9-12,17,22H,6-8,13-16,18H2,1-2H3,(H,28,32). The lowest BCUT2D eigenvalue weighted by Crippen LogP contribution is -2.42. The smallest absolute Gasteiger partial charge is 0.243 e. The molecule has 1 amide bonds. The number of carbonyl (C=O) groups is 1. The first-order chi connectivity index (χ1) is 16.8. The number of carbonyl (C=O) groups excluding carboxylic acids is 1. The van der Waals surface area contributed by atoms with Crippen LogP contribution in [-0.4, -0.2) is 41.5 Å². The largest absolute Gasteiger partial charge is 0.352 e. The summed E-state index contributed by atoms with van der Waals surface area (Å²) in [6.45, 7) is 5.10. The monoisotopic (exact) mass is 492 g/mol. The molecule has 7 nitrogen and oxygen atoms in total. The molecule has 0 saturated carbocycles. The van der Waals surface area contributed by atoms with Gasteiger partial charge in [-0.1, -0.05) is 24.3 Å². The summed E-state index contributed by atoms with van der Waals surface area (Å²) in [6.07, 6.45) is 4.12. The summed E-state index contributed by atoms with van der Waals surface area (Å²) in [5, 5.41) is 7.72. The van der Waals surface area contributed by atoms with Gasteiger partial charge in [-0.25, -0.2) is 13.1 Å². The molecule has 0 bridgehead atoms. The van der Waals surface area contributed by atoms with Gasteiger partial charge in [0.2, 0.25) is 15.9 Å². The van der Waals surface area contributed by atoms with Crippen LogP contribution in [0.3, 0.4) is 0 Å². The Hall–Kier alpha value is -2.97. The van der Waals surface area contributed by atoms with Crippen molar-refractivity contribution in [3.8, 4) is 5.69 Å². The minimum absolute atomic E-state index is 0.0224. The fourth-order valence-corrected chi connectivity index (χ4v) is 6.81. The molecule has 35 heavy (non-hydrogen) atoms. The van der Waals surface area contributed by atoms with Crippen molar-refractivity contribution in [1.29, 1.82) is 0 Å². The van der Waals surface area contributed by atoms with Gasteiger partial charge in [-0.05, 0) is 81.3 Å². The topological polar surface area (TPSA) is 84.3 Å². The summed E-state index contributed by atoms with van der Waals surface area (Å²) >= 11 is 0. The molecular weight excluding hydrogens is 460 g/mol. The van der Waals surface area contributed by atoms with Crippen molar-refractivity contribution in [2.24, 2.45) is 5.92 Å². The molecule has 2 heterocycles. The maximum atomic E-state index is 13.2. The zero-order valence-corrected chi connectivity index (χ0v) is 21.1. The van der Waals surface area contributed by atoms with Gasteiger partial charge >= 0.3 is 0 Å². The van der Waals surface area contributed by atoms with E-state index in [2.05, 4.69) is 10.4 Å². The Labute approximate surface area is 207 Å². The average molecular weight is 493 g/mol. The Morgan fingerprint density at radius 2 is 1.74 bits per heavy atom. The van der Waals surface area contributed by atoms with Crippen molar-refractivity contribution in [3.05, 3.63) is 76.6 Å². The molecule has 1 saturated heterocycles. The molecular formula is C27H32N4O3S. The highest BCUT2D eigenvalue weighted by Gasteiger charge is 2.32. The van der Waals surface area contributed by atoms with Crippen LogP contribution in [0.5, 0.6) is 0 Å². The fourth-order valence-electron chi connectivity index (χ4n) is 5.29. The molecule has 8 heteroatoms. The maximum absolute atomic E-state index is 13.2. The van der Waals surface area contributed by atoms with Crippen molar-refractivity contribution < 1.29 is 13.2 Å².